The second-order valence-electron chi connectivity index (χ2n) is 3.62. The van der Waals surface area contributed by atoms with Crippen LogP contribution in [0.1, 0.15) is 26.7 Å². The van der Waals surface area contributed by atoms with E-state index in [2.05, 4.69) is 19.9 Å². The maximum absolute atomic E-state index is 5.50. The van der Waals surface area contributed by atoms with E-state index in [0.717, 1.165) is 0 Å². The molecule has 60 valence electrons. The van der Waals surface area contributed by atoms with E-state index in [1.165, 1.54) is 24.0 Å². The fourth-order valence-electron chi connectivity index (χ4n) is 1.92. The van der Waals surface area contributed by atoms with Crippen LogP contribution in [-0.4, -0.2) is 6.10 Å². The van der Waals surface area contributed by atoms with E-state index in [0.29, 0.717) is 12.0 Å². The summed E-state index contributed by atoms with van der Waals surface area (Å²) in [5.74, 6) is 0.679. The first-order valence-corrected chi connectivity index (χ1v) is 4.27. The van der Waals surface area contributed by atoms with Crippen LogP contribution in [0, 0.1) is 5.92 Å². The molecule has 0 fully saturated rings. The molecule has 0 aromatic heterocycles. The number of fused-ring (bicyclic) bond motifs is 1. The summed E-state index contributed by atoms with van der Waals surface area (Å²) in [5.41, 5.74) is 2.90. The predicted molar refractivity (Wildman–Crippen MR) is 45.1 cm³/mol. The lowest BCUT2D eigenvalue weighted by Gasteiger charge is -2.22. The lowest BCUT2D eigenvalue weighted by Crippen LogP contribution is -2.19. The zero-order valence-corrected chi connectivity index (χ0v) is 7.13. The van der Waals surface area contributed by atoms with Crippen molar-refractivity contribution in [1.29, 1.82) is 0 Å². The van der Waals surface area contributed by atoms with Gasteiger partial charge in [-0.05, 0) is 38.3 Å². The predicted octanol–water partition coefficient (Wildman–Crippen LogP) is 2.65. The molecule has 0 spiro atoms. The van der Waals surface area contributed by atoms with Gasteiger partial charge >= 0.3 is 0 Å². The molecule has 1 aliphatic carbocycles. The molecule has 0 aromatic rings. The summed E-state index contributed by atoms with van der Waals surface area (Å²) in [7, 11) is 0. The first kappa shape index (κ1) is 6.96. The number of rotatable bonds is 0. The van der Waals surface area contributed by atoms with E-state index in [1.807, 2.05) is 6.26 Å². The Kier molecular flexibility index (Phi) is 1.52. The molecule has 0 saturated carbocycles. The molecule has 0 saturated heterocycles. The summed E-state index contributed by atoms with van der Waals surface area (Å²) >= 11 is 0. The molecular weight excluding hydrogens is 136 g/mol. The highest BCUT2D eigenvalue weighted by molar-refractivity contribution is 5.20. The fraction of sp³-hybridized carbons (Fsp3) is 0.600. The maximum atomic E-state index is 5.50. The molecule has 1 heteroatoms. The summed E-state index contributed by atoms with van der Waals surface area (Å²) in [6.07, 6.45) is 7.07. The van der Waals surface area contributed by atoms with E-state index in [-0.39, 0.29) is 0 Å². The average molecular weight is 150 g/mol. The van der Waals surface area contributed by atoms with Crippen LogP contribution < -0.4 is 0 Å². The van der Waals surface area contributed by atoms with E-state index in [1.54, 1.807) is 0 Å². The van der Waals surface area contributed by atoms with Crippen molar-refractivity contribution < 1.29 is 4.74 Å². The Morgan fingerprint density at radius 3 is 3.09 bits per heavy atom. The van der Waals surface area contributed by atoms with Gasteiger partial charge in [-0.1, -0.05) is 5.57 Å². The Hall–Kier alpha value is -0.720. The Labute approximate surface area is 67.7 Å². The zero-order valence-electron chi connectivity index (χ0n) is 7.13. The second kappa shape index (κ2) is 2.40. The summed E-state index contributed by atoms with van der Waals surface area (Å²) in [5, 5.41) is 0. The minimum atomic E-state index is 0.365. The lowest BCUT2D eigenvalue weighted by molar-refractivity contribution is 0.166. The van der Waals surface area contributed by atoms with Crippen molar-refractivity contribution >= 4 is 0 Å². The van der Waals surface area contributed by atoms with E-state index < -0.39 is 0 Å². The van der Waals surface area contributed by atoms with Gasteiger partial charge in [-0.25, -0.2) is 0 Å². The highest BCUT2D eigenvalue weighted by atomic mass is 16.5. The zero-order chi connectivity index (χ0) is 7.84. The van der Waals surface area contributed by atoms with Crippen molar-refractivity contribution in [2.24, 2.45) is 5.92 Å². The van der Waals surface area contributed by atoms with Crippen molar-refractivity contribution in [3.05, 3.63) is 23.5 Å². The Balaban J connectivity index is 2.20. The van der Waals surface area contributed by atoms with E-state index in [9.17, 15) is 0 Å². The smallest absolute Gasteiger partial charge is 0.123 e. The van der Waals surface area contributed by atoms with Crippen LogP contribution in [-0.2, 0) is 4.74 Å². The third kappa shape index (κ3) is 1.09. The molecular formula is C10H14O. The molecule has 2 rings (SSSR count). The molecule has 0 radical (unpaired) electrons. The van der Waals surface area contributed by atoms with Gasteiger partial charge in [0.05, 0.1) is 6.26 Å². The summed E-state index contributed by atoms with van der Waals surface area (Å²) in [6.45, 7) is 4.35. The van der Waals surface area contributed by atoms with Crippen molar-refractivity contribution in [3.63, 3.8) is 0 Å². The lowest BCUT2D eigenvalue weighted by atomic mass is 9.85. The first-order chi connectivity index (χ1) is 5.27. The van der Waals surface area contributed by atoms with Crippen molar-refractivity contribution in [3.8, 4) is 0 Å². The monoisotopic (exact) mass is 150 g/mol. The van der Waals surface area contributed by atoms with Gasteiger partial charge in [-0.2, -0.15) is 0 Å². The standard InChI is InChI=1S/C10H14O/c1-7-3-4-9-8(2)6-11-10(9)5-7/h5-6,9-10H,3-4H2,1-2H3. The molecule has 1 heterocycles. The highest BCUT2D eigenvalue weighted by Gasteiger charge is 2.29. The molecule has 11 heavy (non-hydrogen) atoms. The van der Waals surface area contributed by atoms with Crippen molar-refractivity contribution in [2.45, 2.75) is 32.8 Å². The molecule has 0 aromatic carbocycles. The summed E-state index contributed by atoms with van der Waals surface area (Å²) in [4.78, 5) is 0. The third-order valence-electron chi connectivity index (χ3n) is 2.69. The Morgan fingerprint density at radius 2 is 2.27 bits per heavy atom. The molecule has 1 nitrogen and oxygen atoms in total. The quantitative estimate of drug-likeness (QED) is 0.482. The van der Waals surface area contributed by atoms with Crippen LogP contribution in [0.15, 0.2) is 23.5 Å². The average Bonchev–Trinajstić information content (AvgIpc) is 2.32. The van der Waals surface area contributed by atoms with Gasteiger partial charge < -0.3 is 4.74 Å². The summed E-state index contributed by atoms with van der Waals surface area (Å²) in [6, 6.07) is 0. The minimum absolute atomic E-state index is 0.365. The van der Waals surface area contributed by atoms with Crippen LogP contribution in [0.3, 0.4) is 0 Å². The molecule has 0 amide bonds. The normalized spacial score (nSPS) is 35.5. The van der Waals surface area contributed by atoms with Crippen LogP contribution >= 0.6 is 0 Å². The highest BCUT2D eigenvalue weighted by Crippen LogP contribution is 2.35. The molecule has 0 N–H and O–H groups in total. The summed E-state index contributed by atoms with van der Waals surface area (Å²) < 4.78 is 5.50. The SMILES string of the molecule is CC1=CC2OC=C(C)C2CC1. The van der Waals surface area contributed by atoms with E-state index >= 15 is 0 Å². The van der Waals surface area contributed by atoms with Crippen molar-refractivity contribution in [2.75, 3.05) is 0 Å². The van der Waals surface area contributed by atoms with Gasteiger partial charge in [-0.15, -0.1) is 0 Å². The molecule has 1 aliphatic heterocycles. The van der Waals surface area contributed by atoms with Crippen LogP contribution in [0.2, 0.25) is 0 Å². The Bertz CT molecular complexity index is 225. The molecule has 0 bridgehead atoms. The maximum Gasteiger partial charge on any atom is 0.123 e. The molecule has 2 unspecified atom stereocenters. The van der Waals surface area contributed by atoms with Gasteiger partial charge in [0.25, 0.3) is 0 Å². The Morgan fingerprint density at radius 1 is 1.45 bits per heavy atom. The number of hydrogen-bond acceptors (Lipinski definition) is 1. The van der Waals surface area contributed by atoms with Gasteiger partial charge in [-0.3, -0.25) is 0 Å². The first-order valence-electron chi connectivity index (χ1n) is 4.27. The fourth-order valence-corrected chi connectivity index (χ4v) is 1.92. The number of hydrogen-bond donors (Lipinski definition) is 0. The van der Waals surface area contributed by atoms with Crippen LogP contribution in [0.5, 0.6) is 0 Å². The largest absolute Gasteiger partial charge is 0.493 e. The van der Waals surface area contributed by atoms with Crippen LogP contribution in [0.25, 0.3) is 0 Å². The molecule has 2 atom stereocenters. The van der Waals surface area contributed by atoms with E-state index in [4.69, 9.17) is 4.74 Å². The van der Waals surface area contributed by atoms with Gasteiger partial charge in [0.1, 0.15) is 6.10 Å². The topological polar surface area (TPSA) is 9.23 Å². The van der Waals surface area contributed by atoms with Gasteiger partial charge in [0.2, 0.25) is 0 Å². The van der Waals surface area contributed by atoms with Gasteiger partial charge in [0, 0.05) is 5.92 Å². The van der Waals surface area contributed by atoms with Gasteiger partial charge in [0.15, 0.2) is 0 Å². The number of allylic oxidation sites excluding steroid dienone is 1. The minimum Gasteiger partial charge on any atom is -0.493 e. The molecule has 2 aliphatic rings. The van der Waals surface area contributed by atoms with Crippen LogP contribution in [0.4, 0.5) is 0 Å². The third-order valence-corrected chi connectivity index (χ3v) is 2.69. The number of ether oxygens (including phenoxy) is 1. The second-order valence-corrected chi connectivity index (χ2v) is 3.62. The van der Waals surface area contributed by atoms with Crippen molar-refractivity contribution in [1.82, 2.24) is 0 Å².